The molecule has 0 saturated carbocycles. The Morgan fingerprint density at radius 1 is 1.42 bits per heavy atom. The number of nitrogens with zero attached hydrogens (tertiary/aromatic N) is 1. The fourth-order valence-corrected chi connectivity index (χ4v) is 1.20. The van der Waals surface area contributed by atoms with Gasteiger partial charge in [0.05, 0.1) is 5.52 Å². The normalized spacial score (nSPS) is 10.0. The average molecular weight is 176 g/mol. The molecule has 2 N–H and O–H groups in total. The minimum absolute atomic E-state index is 0.723. The molecule has 59 valence electrons. The van der Waals surface area contributed by atoms with E-state index in [1.54, 1.807) is 0 Å². The zero-order valence-corrected chi connectivity index (χ0v) is 6.98. The number of benzene rings is 1. The Bertz CT molecular complexity index is 407. The second kappa shape index (κ2) is 2.91. The van der Waals surface area contributed by atoms with Gasteiger partial charge in [0.15, 0.2) is 5.82 Å². The Morgan fingerprint density at radius 3 is 3.08 bits per heavy atom. The van der Waals surface area contributed by atoms with Gasteiger partial charge in [0.1, 0.15) is 5.49 Å². The molecule has 4 heteroatoms. The van der Waals surface area contributed by atoms with Gasteiger partial charge in [-0.15, -0.1) is 0 Å². The van der Waals surface area contributed by atoms with Gasteiger partial charge in [-0.25, -0.2) is 0 Å². The second-order valence-corrected chi connectivity index (χ2v) is 2.55. The van der Waals surface area contributed by atoms with Gasteiger partial charge >= 0.3 is 0 Å². The van der Waals surface area contributed by atoms with Crippen molar-refractivity contribution in [3.05, 3.63) is 24.3 Å². The molecule has 1 aromatic carbocycles. The summed E-state index contributed by atoms with van der Waals surface area (Å²) in [5.74, 6) is 0.723. The third-order valence-corrected chi connectivity index (χ3v) is 1.74. The lowest BCUT2D eigenvalue weighted by molar-refractivity contribution is 1.13. The van der Waals surface area contributed by atoms with Gasteiger partial charge in [-0.1, -0.05) is 24.4 Å². The summed E-state index contributed by atoms with van der Waals surface area (Å²) in [7, 11) is 0. The molecule has 0 aliphatic rings. The van der Waals surface area contributed by atoms with E-state index in [4.69, 9.17) is 0 Å². The molecule has 2 aromatic rings. The van der Waals surface area contributed by atoms with Crippen molar-refractivity contribution in [2.24, 2.45) is 0 Å². The largest absolute Gasteiger partial charge is 0.327 e. The highest BCUT2D eigenvalue weighted by Crippen LogP contribution is 2.18. The van der Waals surface area contributed by atoms with Crippen LogP contribution in [-0.4, -0.2) is 15.7 Å². The van der Waals surface area contributed by atoms with Gasteiger partial charge in [0.2, 0.25) is 0 Å². The van der Waals surface area contributed by atoms with Crippen molar-refractivity contribution in [1.82, 2.24) is 10.2 Å². The zero-order valence-electron chi connectivity index (χ0n) is 6.16. The molecule has 0 aliphatic heterocycles. The number of aromatic amines is 1. The molecule has 0 amide bonds. The monoisotopic (exact) mass is 176 g/mol. The SMILES string of the molecule is S=[C]Nc1n[nH]c2ccccc12. The van der Waals surface area contributed by atoms with Gasteiger partial charge in [-0.2, -0.15) is 5.10 Å². The van der Waals surface area contributed by atoms with Crippen LogP contribution in [0.5, 0.6) is 0 Å². The van der Waals surface area contributed by atoms with E-state index in [0.717, 1.165) is 16.7 Å². The highest BCUT2D eigenvalue weighted by Gasteiger charge is 2.01. The minimum Gasteiger partial charge on any atom is -0.327 e. The molecule has 12 heavy (non-hydrogen) atoms. The van der Waals surface area contributed by atoms with Crippen LogP contribution in [0.3, 0.4) is 0 Å². The first kappa shape index (κ1) is 7.24. The average Bonchev–Trinajstić information content (AvgIpc) is 2.50. The van der Waals surface area contributed by atoms with Crippen molar-refractivity contribution in [3.8, 4) is 0 Å². The van der Waals surface area contributed by atoms with Gasteiger partial charge in [0.25, 0.3) is 0 Å². The number of anilines is 1. The fraction of sp³-hybridized carbons (Fsp3) is 0. The first-order valence-electron chi connectivity index (χ1n) is 3.48. The van der Waals surface area contributed by atoms with Crippen LogP contribution in [0.4, 0.5) is 5.82 Å². The lowest BCUT2D eigenvalue weighted by Gasteiger charge is -1.91. The molecule has 0 atom stereocenters. The summed E-state index contributed by atoms with van der Waals surface area (Å²) in [6, 6.07) is 7.82. The molecule has 1 radical (unpaired) electrons. The van der Waals surface area contributed by atoms with E-state index in [1.165, 1.54) is 0 Å². The van der Waals surface area contributed by atoms with Crippen molar-refractivity contribution in [1.29, 1.82) is 0 Å². The maximum Gasteiger partial charge on any atom is 0.160 e. The van der Waals surface area contributed by atoms with E-state index < -0.39 is 0 Å². The minimum atomic E-state index is 0.723. The van der Waals surface area contributed by atoms with Crippen molar-refractivity contribution in [2.75, 3.05) is 5.32 Å². The number of nitrogens with one attached hydrogen (secondary N) is 2. The molecule has 3 nitrogen and oxygen atoms in total. The third-order valence-electron chi connectivity index (χ3n) is 1.64. The van der Waals surface area contributed by atoms with Crippen LogP contribution in [0.25, 0.3) is 10.9 Å². The number of hydrogen-bond acceptors (Lipinski definition) is 2. The summed E-state index contributed by atoms with van der Waals surface area (Å²) in [6.45, 7) is 0. The smallest absolute Gasteiger partial charge is 0.160 e. The Balaban J connectivity index is 2.62. The fourth-order valence-electron chi connectivity index (χ4n) is 1.11. The lowest BCUT2D eigenvalue weighted by atomic mass is 10.2. The van der Waals surface area contributed by atoms with Crippen LogP contribution in [0.2, 0.25) is 0 Å². The second-order valence-electron chi connectivity index (χ2n) is 2.34. The van der Waals surface area contributed by atoms with Crippen LogP contribution in [-0.2, 0) is 0 Å². The molecule has 1 aromatic heterocycles. The maximum atomic E-state index is 4.55. The molecular weight excluding hydrogens is 170 g/mol. The predicted octanol–water partition coefficient (Wildman–Crippen LogP) is 1.81. The molecule has 0 spiro atoms. The Hall–Kier alpha value is -1.42. The standard InChI is InChI=1S/C8H6N3S/c12-5-9-8-6-3-1-2-4-7(6)10-11-8/h1-4H,(H2,9,10,11,12). The summed E-state index contributed by atoms with van der Waals surface area (Å²) < 4.78 is 0. The molecule has 2 rings (SSSR count). The zero-order chi connectivity index (χ0) is 8.39. The summed E-state index contributed by atoms with van der Waals surface area (Å²) in [6.07, 6.45) is 0. The number of thiocarbonyl (C=S) groups is 1. The molecule has 0 aliphatic carbocycles. The number of H-pyrrole nitrogens is 1. The molecular formula is C8H6N3S. The number of hydrogen-bond donors (Lipinski definition) is 2. The maximum absolute atomic E-state index is 4.55. The number of para-hydroxylation sites is 1. The van der Waals surface area contributed by atoms with Crippen molar-refractivity contribution in [2.45, 2.75) is 0 Å². The lowest BCUT2D eigenvalue weighted by Crippen LogP contribution is -1.91. The highest BCUT2D eigenvalue weighted by molar-refractivity contribution is 7.79. The Morgan fingerprint density at radius 2 is 2.25 bits per heavy atom. The number of rotatable bonds is 2. The van der Waals surface area contributed by atoms with Gasteiger partial charge in [0, 0.05) is 5.39 Å². The van der Waals surface area contributed by atoms with E-state index >= 15 is 0 Å². The van der Waals surface area contributed by atoms with Gasteiger partial charge in [-0.05, 0) is 12.1 Å². The van der Waals surface area contributed by atoms with Crippen molar-refractivity contribution < 1.29 is 0 Å². The molecule has 0 fully saturated rings. The third kappa shape index (κ3) is 1.06. The van der Waals surface area contributed by atoms with E-state index in [-0.39, 0.29) is 0 Å². The topological polar surface area (TPSA) is 40.7 Å². The van der Waals surface area contributed by atoms with E-state index in [9.17, 15) is 0 Å². The Labute approximate surface area is 74.8 Å². The summed E-state index contributed by atoms with van der Waals surface area (Å²) in [5.41, 5.74) is 3.40. The van der Waals surface area contributed by atoms with Crippen LogP contribution in [0, 0.1) is 0 Å². The van der Waals surface area contributed by atoms with Crippen molar-refractivity contribution in [3.63, 3.8) is 0 Å². The molecule has 0 bridgehead atoms. The van der Waals surface area contributed by atoms with Crippen LogP contribution < -0.4 is 5.32 Å². The highest BCUT2D eigenvalue weighted by atomic mass is 32.1. The van der Waals surface area contributed by atoms with E-state index in [1.807, 2.05) is 24.3 Å². The Kier molecular flexibility index (Phi) is 1.75. The van der Waals surface area contributed by atoms with Gasteiger partial charge < -0.3 is 5.32 Å². The first-order valence-corrected chi connectivity index (χ1v) is 3.89. The van der Waals surface area contributed by atoms with E-state index in [0.29, 0.717) is 0 Å². The summed E-state index contributed by atoms with van der Waals surface area (Å²) in [4.78, 5) is 0. The van der Waals surface area contributed by atoms with Crippen LogP contribution in [0.1, 0.15) is 0 Å². The van der Waals surface area contributed by atoms with Gasteiger partial charge in [-0.3, -0.25) is 5.10 Å². The van der Waals surface area contributed by atoms with Crippen LogP contribution >= 0.6 is 12.2 Å². The number of fused-ring (bicyclic) bond motifs is 1. The quantitative estimate of drug-likeness (QED) is 0.541. The van der Waals surface area contributed by atoms with Crippen molar-refractivity contribution >= 4 is 34.4 Å². The summed E-state index contributed by atoms with van der Waals surface area (Å²) >= 11 is 4.55. The molecule has 0 saturated heterocycles. The summed E-state index contributed by atoms with van der Waals surface area (Å²) in [5, 5.41) is 10.7. The number of aromatic nitrogens is 2. The first-order chi connectivity index (χ1) is 5.92. The van der Waals surface area contributed by atoms with Crippen LogP contribution in [0.15, 0.2) is 24.3 Å². The molecule has 1 heterocycles. The van der Waals surface area contributed by atoms with E-state index in [2.05, 4.69) is 33.2 Å². The molecule has 0 unspecified atom stereocenters. The predicted molar refractivity (Wildman–Crippen MR) is 52.3 cm³/mol.